The molecule has 0 aliphatic rings. The van der Waals surface area contributed by atoms with Gasteiger partial charge < -0.3 is 10.4 Å². The summed E-state index contributed by atoms with van der Waals surface area (Å²) in [5.41, 5.74) is 0.422. The Morgan fingerprint density at radius 1 is 1.12 bits per heavy atom. The number of aliphatic hydroxyl groups is 1. The SMILES string of the molecule is O=C(NC[C@H](O)c1ccc(F)c(F)c1)c1nccc2ccccc12. The Balaban J connectivity index is 1.73. The van der Waals surface area contributed by atoms with Crippen molar-refractivity contribution in [3.63, 3.8) is 0 Å². The van der Waals surface area contributed by atoms with Gasteiger partial charge in [0.15, 0.2) is 11.6 Å². The van der Waals surface area contributed by atoms with Gasteiger partial charge in [0.05, 0.1) is 6.10 Å². The summed E-state index contributed by atoms with van der Waals surface area (Å²) in [6.07, 6.45) is 0.377. The molecule has 0 aliphatic heterocycles. The number of aliphatic hydroxyl groups excluding tert-OH is 1. The van der Waals surface area contributed by atoms with Crippen LogP contribution in [-0.2, 0) is 0 Å². The van der Waals surface area contributed by atoms with E-state index >= 15 is 0 Å². The first-order valence-electron chi connectivity index (χ1n) is 7.31. The molecule has 0 saturated carbocycles. The van der Waals surface area contributed by atoms with Crippen molar-refractivity contribution in [2.45, 2.75) is 6.10 Å². The average Bonchev–Trinajstić information content (AvgIpc) is 2.61. The van der Waals surface area contributed by atoms with Gasteiger partial charge in [-0.05, 0) is 29.1 Å². The van der Waals surface area contributed by atoms with Gasteiger partial charge in [-0.2, -0.15) is 0 Å². The van der Waals surface area contributed by atoms with E-state index in [9.17, 15) is 18.7 Å². The molecule has 0 saturated heterocycles. The maximum atomic E-state index is 13.2. The number of rotatable bonds is 4. The number of aromatic nitrogens is 1. The molecule has 0 aliphatic carbocycles. The molecular formula is C18H14F2N2O2. The molecule has 0 bridgehead atoms. The molecule has 1 heterocycles. The Kier molecular flexibility index (Phi) is 4.48. The summed E-state index contributed by atoms with van der Waals surface area (Å²) in [7, 11) is 0. The number of amides is 1. The van der Waals surface area contributed by atoms with Crippen molar-refractivity contribution in [1.29, 1.82) is 0 Å². The van der Waals surface area contributed by atoms with Crippen LogP contribution >= 0.6 is 0 Å². The molecule has 2 N–H and O–H groups in total. The third-order valence-corrected chi connectivity index (χ3v) is 3.67. The van der Waals surface area contributed by atoms with Gasteiger partial charge in [0, 0.05) is 18.1 Å². The van der Waals surface area contributed by atoms with Gasteiger partial charge in [-0.3, -0.25) is 9.78 Å². The van der Waals surface area contributed by atoms with Crippen LogP contribution in [0.5, 0.6) is 0 Å². The second kappa shape index (κ2) is 6.72. The first-order valence-corrected chi connectivity index (χ1v) is 7.31. The van der Waals surface area contributed by atoms with Crippen molar-refractivity contribution in [2.75, 3.05) is 6.54 Å². The Labute approximate surface area is 136 Å². The van der Waals surface area contributed by atoms with E-state index in [0.29, 0.717) is 5.39 Å². The van der Waals surface area contributed by atoms with E-state index in [1.807, 2.05) is 12.1 Å². The number of hydrogen-bond donors (Lipinski definition) is 2. The lowest BCUT2D eigenvalue weighted by atomic mass is 10.1. The molecule has 0 unspecified atom stereocenters. The van der Waals surface area contributed by atoms with Gasteiger partial charge in [-0.25, -0.2) is 8.78 Å². The molecule has 0 fully saturated rings. The maximum absolute atomic E-state index is 13.2. The monoisotopic (exact) mass is 328 g/mol. The van der Waals surface area contributed by atoms with Crippen molar-refractivity contribution in [3.8, 4) is 0 Å². The number of carbonyl (C=O) groups excluding carboxylic acids is 1. The lowest BCUT2D eigenvalue weighted by Gasteiger charge is -2.13. The van der Waals surface area contributed by atoms with Crippen molar-refractivity contribution < 1.29 is 18.7 Å². The molecule has 1 amide bonds. The number of fused-ring (bicyclic) bond motifs is 1. The van der Waals surface area contributed by atoms with Gasteiger partial charge in [-0.15, -0.1) is 0 Å². The Morgan fingerprint density at radius 3 is 2.71 bits per heavy atom. The summed E-state index contributed by atoms with van der Waals surface area (Å²) < 4.78 is 26.1. The minimum atomic E-state index is -1.15. The van der Waals surface area contributed by atoms with Gasteiger partial charge >= 0.3 is 0 Å². The minimum absolute atomic E-state index is 0.144. The first-order chi connectivity index (χ1) is 11.6. The van der Waals surface area contributed by atoms with Gasteiger partial charge in [0.2, 0.25) is 0 Å². The van der Waals surface area contributed by atoms with E-state index in [4.69, 9.17) is 0 Å². The molecule has 4 nitrogen and oxygen atoms in total. The highest BCUT2D eigenvalue weighted by Gasteiger charge is 2.15. The highest BCUT2D eigenvalue weighted by molar-refractivity contribution is 6.05. The topological polar surface area (TPSA) is 62.2 Å². The fourth-order valence-corrected chi connectivity index (χ4v) is 2.41. The van der Waals surface area contributed by atoms with Crippen molar-refractivity contribution in [2.24, 2.45) is 0 Å². The molecule has 122 valence electrons. The molecule has 1 aromatic heterocycles. The lowest BCUT2D eigenvalue weighted by molar-refractivity contribution is 0.0913. The van der Waals surface area contributed by atoms with Crippen molar-refractivity contribution >= 4 is 16.7 Å². The van der Waals surface area contributed by atoms with Crippen LogP contribution in [0.1, 0.15) is 22.2 Å². The minimum Gasteiger partial charge on any atom is -0.387 e. The van der Waals surface area contributed by atoms with E-state index < -0.39 is 23.6 Å². The number of benzene rings is 2. The summed E-state index contributed by atoms with van der Waals surface area (Å²) in [6, 6.07) is 12.2. The number of nitrogens with zero attached hydrogens (tertiary/aromatic N) is 1. The summed E-state index contributed by atoms with van der Waals surface area (Å²) in [6.45, 7) is -0.144. The zero-order chi connectivity index (χ0) is 17.1. The highest BCUT2D eigenvalue weighted by atomic mass is 19.2. The number of pyridine rings is 1. The molecule has 0 spiro atoms. The number of hydrogen-bond acceptors (Lipinski definition) is 3. The van der Waals surface area contributed by atoms with E-state index in [0.717, 1.165) is 17.5 Å². The normalized spacial score (nSPS) is 12.1. The average molecular weight is 328 g/mol. The summed E-state index contributed by atoms with van der Waals surface area (Å²) in [4.78, 5) is 16.4. The maximum Gasteiger partial charge on any atom is 0.270 e. The molecule has 24 heavy (non-hydrogen) atoms. The molecule has 3 rings (SSSR count). The van der Waals surface area contributed by atoms with E-state index in [2.05, 4.69) is 10.3 Å². The Hall–Kier alpha value is -2.86. The second-order valence-corrected chi connectivity index (χ2v) is 5.28. The standard InChI is InChI=1S/C18H14F2N2O2/c19-14-6-5-12(9-15(14)20)16(23)10-22-18(24)17-13-4-2-1-3-11(13)7-8-21-17/h1-9,16,23H,10H2,(H,22,24)/t16-/m0/s1. The number of halogens is 2. The first kappa shape index (κ1) is 16.0. The van der Waals surface area contributed by atoms with Gasteiger partial charge in [-0.1, -0.05) is 30.3 Å². The van der Waals surface area contributed by atoms with Crippen LogP contribution in [-0.4, -0.2) is 22.5 Å². The van der Waals surface area contributed by atoms with Crippen LogP contribution in [0.15, 0.2) is 54.7 Å². The molecular weight excluding hydrogens is 314 g/mol. The second-order valence-electron chi connectivity index (χ2n) is 5.28. The lowest BCUT2D eigenvalue weighted by Crippen LogP contribution is -2.29. The quantitative estimate of drug-likeness (QED) is 0.774. The van der Waals surface area contributed by atoms with E-state index in [1.165, 1.54) is 12.3 Å². The number of carbonyl (C=O) groups is 1. The molecule has 3 aromatic rings. The highest BCUT2D eigenvalue weighted by Crippen LogP contribution is 2.18. The smallest absolute Gasteiger partial charge is 0.270 e. The summed E-state index contributed by atoms with van der Waals surface area (Å²) in [5.74, 6) is -2.49. The van der Waals surface area contributed by atoms with Crippen LogP contribution in [0.3, 0.4) is 0 Å². The third-order valence-electron chi connectivity index (χ3n) is 3.67. The largest absolute Gasteiger partial charge is 0.387 e. The van der Waals surface area contributed by atoms with E-state index in [-0.39, 0.29) is 17.8 Å². The summed E-state index contributed by atoms with van der Waals surface area (Å²) in [5, 5.41) is 14.1. The van der Waals surface area contributed by atoms with Crippen LogP contribution in [0.2, 0.25) is 0 Å². The molecule has 1 atom stereocenters. The van der Waals surface area contributed by atoms with Crippen LogP contribution in [0, 0.1) is 11.6 Å². The van der Waals surface area contributed by atoms with Crippen molar-refractivity contribution in [3.05, 3.63) is 77.6 Å². The number of nitrogens with one attached hydrogen (secondary N) is 1. The molecule has 2 aromatic carbocycles. The zero-order valence-electron chi connectivity index (χ0n) is 12.5. The fourth-order valence-electron chi connectivity index (χ4n) is 2.41. The van der Waals surface area contributed by atoms with Gasteiger partial charge in [0.25, 0.3) is 5.91 Å². The van der Waals surface area contributed by atoms with Crippen LogP contribution < -0.4 is 5.32 Å². The predicted molar refractivity (Wildman–Crippen MR) is 85.4 cm³/mol. The van der Waals surface area contributed by atoms with Gasteiger partial charge in [0.1, 0.15) is 5.69 Å². The Morgan fingerprint density at radius 2 is 1.92 bits per heavy atom. The molecule has 0 radical (unpaired) electrons. The molecule has 6 heteroatoms. The van der Waals surface area contributed by atoms with Crippen LogP contribution in [0.25, 0.3) is 10.8 Å². The van der Waals surface area contributed by atoms with Crippen LogP contribution in [0.4, 0.5) is 8.78 Å². The fraction of sp³-hybridized carbons (Fsp3) is 0.111. The third kappa shape index (κ3) is 3.23. The Bertz CT molecular complexity index is 894. The van der Waals surface area contributed by atoms with E-state index in [1.54, 1.807) is 18.2 Å². The summed E-state index contributed by atoms with van der Waals surface area (Å²) >= 11 is 0. The predicted octanol–water partition coefficient (Wildman–Crippen LogP) is 2.98. The van der Waals surface area contributed by atoms with Crippen molar-refractivity contribution in [1.82, 2.24) is 10.3 Å². The zero-order valence-corrected chi connectivity index (χ0v) is 12.5.